The number of aromatic nitrogens is 1. The molecule has 25 heavy (non-hydrogen) atoms. The number of carbonyl (C=O) groups excluding carboxylic acids is 1. The predicted octanol–water partition coefficient (Wildman–Crippen LogP) is 4.11. The van der Waals surface area contributed by atoms with Crippen molar-refractivity contribution < 1.29 is 13.2 Å². The third kappa shape index (κ3) is 4.53. The molecule has 1 aromatic heterocycles. The summed E-state index contributed by atoms with van der Waals surface area (Å²) < 4.78 is 24.9. The summed E-state index contributed by atoms with van der Waals surface area (Å²) in [5.74, 6) is -0.301. The summed E-state index contributed by atoms with van der Waals surface area (Å²) in [7, 11) is -3.27. The summed E-state index contributed by atoms with van der Waals surface area (Å²) in [6, 6.07) is 12.3. The molecular weight excluding hydrogens is 424 g/mol. The van der Waals surface area contributed by atoms with Gasteiger partial charge in [-0.25, -0.2) is 13.4 Å². The molecule has 0 bridgehead atoms. The second kappa shape index (κ2) is 7.07. The number of carbonyl (C=O) groups is 1. The number of hydrogen-bond acceptors (Lipinski definition) is 5. The van der Waals surface area contributed by atoms with Crippen LogP contribution in [0.1, 0.15) is 5.56 Å². The number of nitrogens with one attached hydrogen (secondary N) is 1. The summed E-state index contributed by atoms with van der Waals surface area (Å²) in [4.78, 5) is 16.5. The zero-order valence-corrected chi connectivity index (χ0v) is 16.3. The Hall–Kier alpha value is -2.03. The molecule has 1 N–H and O–H groups in total. The minimum Gasteiger partial charge on any atom is -0.298 e. The lowest BCUT2D eigenvalue weighted by atomic mass is 10.2. The van der Waals surface area contributed by atoms with Crippen LogP contribution in [0.25, 0.3) is 16.3 Å². The number of halogens is 1. The molecule has 0 saturated heterocycles. The first kappa shape index (κ1) is 17.8. The van der Waals surface area contributed by atoms with Crippen LogP contribution in [-0.4, -0.2) is 25.6 Å². The Morgan fingerprint density at radius 3 is 2.60 bits per heavy atom. The van der Waals surface area contributed by atoms with Gasteiger partial charge < -0.3 is 0 Å². The Kier molecular flexibility index (Phi) is 5.03. The first-order valence-electron chi connectivity index (χ1n) is 7.16. The average Bonchev–Trinajstić information content (AvgIpc) is 2.94. The van der Waals surface area contributed by atoms with E-state index in [1.807, 2.05) is 24.3 Å². The maximum atomic E-state index is 12.0. The van der Waals surface area contributed by atoms with Crippen molar-refractivity contribution in [3.05, 3.63) is 58.6 Å². The fourth-order valence-electron chi connectivity index (χ4n) is 2.08. The second-order valence-corrected chi connectivity index (χ2v) is 9.26. The number of rotatable bonds is 4. The second-order valence-electron chi connectivity index (χ2n) is 5.29. The molecule has 0 saturated carbocycles. The zero-order valence-electron chi connectivity index (χ0n) is 13.1. The molecule has 0 aliphatic heterocycles. The van der Waals surface area contributed by atoms with E-state index in [1.165, 1.54) is 23.5 Å². The zero-order chi connectivity index (χ0) is 18.0. The Bertz CT molecular complexity index is 1070. The Morgan fingerprint density at radius 1 is 1.20 bits per heavy atom. The van der Waals surface area contributed by atoms with Crippen LogP contribution in [0.5, 0.6) is 0 Å². The molecule has 2 aromatic carbocycles. The summed E-state index contributed by atoms with van der Waals surface area (Å²) in [6.45, 7) is 0. The Balaban J connectivity index is 1.76. The summed E-state index contributed by atoms with van der Waals surface area (Å²) >= 11 is 4.59. The van der Waals surface area contributed by atoms with Crippen LogP contribution < -0.4 is 5.32 Å². The molecule has 1 amide bonds. The molecule has 8 heteroatoms. The van der Waals surface area contributed by atoms with Crippen LogP contribution in [0.15, 0.2) is 57.9 Å². The van der Waals surface area contributed by atoms with Gasteiger partial charge >= 0.3 is 0 Å². The average molecular weight is 437 g/mol. The van der Waals surface area contributed by atoms with Gasteiger partial charge in [0.2, 0.25) is 5.91 Å². The molecule has 0 aliphatic carbocycles. The van der Waals surface area contributed by atoms with E-state index in [0.29, 0.717) is 15.3 Å². The van der Waals surface area contributed by atoms with Gasteiger partial charge in [-0.3, -0.25) is 10.1 Å². The van der Waals surface area contributed by atoms with E-state index in [1.54, 1.807) is 18.2 Å². The van der Waals surface area contributed by atoms with E-state index in [2.05, 4.69) is 26.2 Å². The van der Waals surface area contributed by atoms with Crippen molar-refractivity contribution in [1.29, 1.82) is 0 Å². The molecule has 0 spiro atoms. The molecule has 0 unspecified atom stereocenters. The van der Waals surface area contributed by atoms with Gasteiger partial charge in [-0.15, -0.1) is 0 Å². The quantitative estimate of drug-likeness (QED) is 0.624. The van der Waals surface area contributed by atoms with Gasteiger partial charge in [0.05, 0.1) is 15.1 Å². The minimum absolute atomic E-state index is 0.233. The van der Waals surface area contributed by atoms with Crippen molar-refractivity contribution >= 4 is 64.4 Å². The fourth-order valence-corrected chi connectivity index (χ4v) is 3.98. The standard InChI is InChI=1S/C17H13BrN2O3S2/c1-25(22,23)13-7-8-14-15(10-13)24-17(19-14)20-16(21)9-4-11-2-5-12(18)6-3-11/h2-10H,1H3,(H,19,20,21)/b9-4+. The highest BCUT2D eigenvalue weighted by Gasteiger charge is 2.11. The Labute approximate surface area is 157 Å². The van der Waals surface area contributed by atoms with Crippen LogP contribution in [-0.2, 0) is 14.6 Å². The topological polar surface area (TPSA) is 76.1 Å². The highest BCUT2D eigenvalue weighted by molar-refractivity contribution is 9.10. The van der Waals surface area contributed by atoms with Crippen LogP contribution in [0.3, 0.4) is 0 Å². The van der Waals surface area contributed by atoms with Crippen molar-refractivity contribution in [2.45, 2.75) is 4.90 Å². The van der Waals surface area contributed by atoms with Gasteiger partial charge in [0.1, 0.15) is 0 Å². The third-order valence-electron chi connectivity index (χ3n) is 3.32. The Morgan fingerprint density at radius 2 is 1.92 bits per heavy atom. The molecule has 0 aliphatic rings. The SMILES string of the molecule is CS(=O)(=O)c1ccc2nc(NC(=O)/C=C/c3ccc(Br)cc3)sc2c1. The highest BCUT2D eigenvalue weighted by Crippen LogP contribution is 2.28. The van der Waals surface area contributed by atoms with Crippen LogP contribution in [0.4, 0.5) is 5.13 Å². The van der Waals surface area contributed by atoms with Crippen molar-refractivity contribution in [3.8, 4) is 0 Å². The lowest BCUT2D eigenvalue weighted by Crippen LogP contribution is -2.07. The smallest absolute Gasteiger partial charge is 0.250 e. The predicted molar refractivity (Wildman–Crippen MR) is 105 cm³/mol. The van der Waals surface area contributed by atoms with E-state index in [-0.39, 0.29) is 10.8 Å². The molecule has 5 nitrogen and oxygen atoms in total. The van der Waals surface area contributed by atoms with Gasteiger partial charge in [0.25, 0.3) is 0 Å². The lowest BCUT2D eigenvalue weighted by molar-refractivity contribution is -0.111. The van der Waals surface area contributed by atoms with Gasteiger partial charge in [-0.2, -0.15) is 0 Å². The first-order chi connectivity index (χ1) is 11.8. The van der Waals surface area contributed by atoms with Crippen molar-refractivity contribution in [3.63, 3.8) is 0 Å². The number of benzene rings is 2. The van der Waals surface area contributed by atoms with Crippen molar-refractivity contribution in [2.24, 2.45) is 0 Å². The number of fused-ring (bicyclic) bond motifs is 1. The van der Waals surface area contributed by atoms with Gasteiger partial charge in [0.15, 0.2) is 15.0 Å². The van der Waals surface area contributed by atoms with E-state index in [9.17, 15) is 13.2 Å². The number of thiazole rings is 1. The fraction of sp³-hybridized carbons (Fsp3) is 0.0588. The van der Waals surface area contributed by atoms with E-state index in [0.717, 1.165) is 16.3 Å². The molecule has 0 atom stereocenters. The number of sulfone groups is 1. The van der Waals surface area contributed by atoms with E-state index < -0.39 is 9.84 Å². The first-order valence-corrected chi connectivity index (χ1v) is 10.7. The van der Waals surface area contributed by atoms with Crippen LogP contribution in [0, 0.1) is 0 Å². The normalized spacial score (nSPS) is 11.9. The minimum atomic E-state index is -3.27. The maximum Gasteiger partial charge on any atom is 0.250 e. The third-order valence-corrected chi connectivity index (χ3v) is 5.89. The van der Waals surface area contributed by atoms with Gasteiger partial charge in [-0.1, -0.05) is 39.4 Å². The number of nitrogens with zero attached hydrogens (tertiary/aromatic N) is 1. The van der Waals surface area contributed by atoms with Gasteiger partial charge in [-0.05, 0) is 42.0 Å². The largest absolute Gasteiger partial charge is 0.298 e. The summed E-state index contributed by atoms with van der Waals surface area (Å²) in [5.41, 5.74) is 1.55. The lowest BCUT2D eigenvalue weighted by Gasteiger charge is -1.96. The summed E-state index contributed by atoms with van der Waals surface area (Å²) in [5, 5.41) is 3.12. The summed E-state index contributed by atoms with van der Waals surface area (Å²) in [6.07, 6.45) is 4.29. The monoisotopic (exact) mass is 436 g/mol. The number of amides is 1. The number of hydrogen-bond donors (Lipinski definition) is 1. The van der Waals surface area contributed by atoms with Crippen molar-refractivity contribution in [1.82, 2.24) is 4.98 Å². The van der Waals surface area contributed by atoms with Crippen LogP contribution >= 0.6 is 27.3 Å². The van der Waals surface area contributed by atoms with E-state index >= 15 is 0 Å². The number of anilines is 1. The van der Waals surface area contributed by atoms with E-state index in [4.69, 9.17) is 0 Å². The van der Waals surface area contributed by atoms with Crippen LogP contribution in [0.2, 0.25) is 0 Å². The molecule has 3 aromatic rings. The van der Waals surface area contributed by atoms with Gasteiger partial charge in [0, 0.05) is 16.8 Å². The molecular formula is C17H13BrN2O3S2. The molecule has 128 valence electrons. The molecule has 1 heterocycles. The highest BCUT2D eigenvalue weighted by atomic mass is 79.9. The molecule has 3 rings (SSSR count). The molecule has 0 fully saturated rings. The van der Waals surface area contributed by atoms with Crippen molar-refractivity contribution in [2.75, 3.05) is 11.6 Å². The molecule has 0 radical (unpaired) electrons. The maximum absolute atomic E-state index is 12.0.